The van der Waals surface area contributed by atoms with Gasteiger partial charge in [-0.15, -0.1) is 0 Å². The average molecular weight is 381 g/mol. The van der Waals surface area contributed by atoms with Crippen LogP contribution in [0, 0.1) is 5.41 Å². The van der Waals surface area contributed by atoms with Gasteiger partial charge in [0.05, 0.1) is 6.10 Å². The fourth-order valence-corrected chi connectivity index (χ4v) is 3.31. The van der Waals surface area contributed by atoms with Crippen molar-refractivity contribution in [3.63, 3.8) is 0 Å². The van der Waals surface area contributed by atoms with Crippen LogP contribution in [0.3, 0.4) is 0 Å². The maximum atomic E-state index is 12.8. The summed E-state index contributed by atoms with van der Waals surface area (Å²) in [5.74, 6) is -1.31. The van der Waals surface area contributed by atoms with Crippen LogP contribution in [0.1, 0.15) is 17.7 Å². The van der Waals surface area contributed by atoms with E-state index in [4.69, 9.17) is 0 Å². The Bertz CT molecular complexity index is 816. The third-order valence-electron chi connectivity index (χ3n) is 4.86. The number of carbonyl (C=O) groups is 1. The highest BCUT2D eigenvalue weighted by Crippen LogP contribution is 2.37. The van der Waals surface area contributed by atoms with Crippen LogP contribution in [0.4, 0.5) is 19.1 Å². The second-order valence-electron chi connectivity index (χ2n) is 6.58. The molecule has 0 spiro atoms. The molecule has 0 unspecified atom stereocenters. The number of carboxylic acids is 1. The molecule has 0 radical (unpaired) electrons. The molecule has 2 atom stereocenters. The predicted molar refractivity (Wildman–Crippen MR) is 90.1 cm³/mol. The van der Waals surface area contributed by atoms with E-state index in [1.54, 1.807) is 30.3 Å². The van der Waals surface area contributed by atoms with Crippen LogP contribution in [0.25, 0.3) is 0 Å². The summed E-state index contributed by atoms with van der Waals surface area (Å²) in [4.78, 5) is 20.7. The molecule has 3 rings (SSSR count). The van der Waals surface area contributed by atoms with Gasteiger partial charge in [0, 0.05) is 19.3 Å². The molecule has 0 aliphatic carbocycles. The number of hydrogen-bond donors (Lipinski definition) is 2. The summed E-state index contributed by atoms with van der Waals surface area (Å²) in [5, 5.41) is 20.4. The third kappa shape index (κ3) is 3.87. The summed E-state index contributed by atoms with van der Waals surface area (Å²) in [6.45, 7) is -0.0437. The van der Waals surface area contributed by atoms with Crippen molar-refractivity contribution >= 4 is 11.9 Å². The number of halogens is 3. The van der Waals surface area contributed by atoms with E-state index < -0.39 is 29.4 Å². The van der Waals surface area contributed by atoms with Gasteiger partial charge in [-0.2, -0.15) is 13.2 Å². The van der Waals surface area contributed by atoms with E-state index in [-0.39, 0.29) is 31.9 Å². The van der Waals surface area contributed by atoms with Crippen LogP contribution >= 0.6 is 0 Å². The largest absolute Gasteiger partial charge is 0.481 e. The maximum absolute atomic E-state index is 12.8. The number of alkyl halides is 3. The molecule has 1 aromatic heterocycles. The zero-order valence-corrected chi connectivity index (χ0v) is 14.2. The topological polar surface area (TPSA) is 86.5 Å². The van der Waals surface area contributed by atoms with Gasteiger partial charge in [0.15, 0.2) is 0 Å². The number of anilines is 1. The molecule has 0 bridgehead atoms. The first kappa shape index (κ1) is 19.1. The zero-order chi connectivity index (χ0) is 19.7. The first-order valence-corrected chi connectivity index (χ1v) is 8.33. The number of piperidine rings is 1. The summed E-state index contributed by atoms with van der Waals surface area (Å²) < 4.78 is 38.5. The van der Waals surface area contributed by atoms with Crippen LogP contribution in [0.15, 0.2) is 42.6 Å². The second kappa shape index (κ2) is 7.15. The minimum Gasteiger partial charge on any atom is -0.481 e. The lowest BCUT2D eigenvalue weighted by Crippen LogP contribution is -2.56. The second-order valence-corrected chi connectivity index (χ2v) is 6.58. The van der Waals surface area contributed by atoms with E-state index in [0.29, 0.717) is 0 Å². The van der Waals surface area contributed by atoms with Crippen molar-refractivity contribution in [3.8, 4) is 0 Å². The van der Waals surface area contributed by atoms with Crippen LogP contribution in [-0.2, 0) is 17.4 Å². The van der Waals surface area contributed by atoms with Crippen LogP contribution < -0.4 is 4.90 Å². The van der Waals surface area contributed by atoms with Crippen LogP contribution in [0.5, 0.6) is 0 Å². The Hall–Kier alpha value is -2.68. The van der Waals surface area contributed by atoms with E-state index in [1.807, 2.05) is 0 Å². The number of nitrogens with zero attached hydrogens (tertiary/aromatic N) is 3. The normalized spacial score (nSPS) is 23.3. The Kier molecular flexibility index (Phi) is 5.05. The van der Waals surface area contributed by atoms with Crippen molar-refractivity contribution in [1.82, 2.24) is 9.97 Å². The number of rotatable bonds is 4. The predicted octanol–water partition coefficient (Wildman–Crippen LogP) is 2.38. The highest BCUT2D eigenvalue weighted by molar-refractivity contribution is 5.76. The molecule has 27 heavy (non-hydrogen) atoms. The molecular weight excluding hydrogens is 363 g/mol. The number of carboxylic acid groups (broad SMARTS) is 1. The lowest BCUT2D eigenvalue weighted by Gasteiger charge is -2.42. The Morgan fingerprint density at radius 3 is 2.56 bits per heavy atom. The van der Waals surface area contributed by atoms with Gasteiger partial charge < -0.3 is 15.1 Å². The van der Waals surface area contributed by atoms with E-state index in [2.05, 4.69) is 9.97 Å². The van der Waals surface area contributed by atoms with Crippen molar-refractivity contribution in [3.05, 3.63) is 53.9 Å². The van der Waals surface area contributed by atoms with Crippen LogP contribution in [0.2, 0.25) is 0 Å². The molecule has 0 amide bonds. The smallest absolute Gasteiger partial charge is 0.433 e. The number of aromatic nitrogens is 2. The molecule has 1 aliphatic rings. The molecule has 9 heteroatoms. The van der Waals surface area contributed by atoms with Gasteiger partial charge in [0.25, 0.3) is 0 Å². The minimum absolute atomic E-state index is 0.0536. The number of aliphatic carboxylic acids is 1. The number of hydrogen-bond acceptors (Lipinski definition) is 5. The van der Waals surface area contributed by atoms with Crippen molar-refractivity contribution in [1.29, 1.82) is 0 Å². The molecule has 6 nitrogen and oxygen atoms in total. The van der Waals surface area contributed by atoms with E-state index in [9.17, 15) is 28.2 Å². The Morgan fingerprint density at radius 2 is 1.96 bits per heavy atom. The highest BCUT2D eigenvalue weighted by Gasteiger charge is 2.49. The monoisotopic (exact) mass is 381 g/mol. The first-order chi connectivity index (χ1) is 12.7. The van der Waals surface area contributed by atoms with E-state index >= 15 is 0 Å². The Morgan fingerprint density at radius 1 is 1.26 bits per heavy atom. The quantitative estimate of drug-likeness (QED) is 0.846. The molecule has 1 saturated heterocycles. The molecule has 1 fully saturated rings. The molecule has 2 aromatic rings. The van der Waals surface area contributed by atoms with Gasteiger partial charge in [-0.3, -0.25) is 4.79 Å². The van der Waals surface area contributed by atoms with E-state index in [0.717, 1.165) is 17.8 Å². The zero-order valence-electron chi connectivity index (χ0n) is 14.2. The molecule has 2 heterocycles. The lowest BCUT2D eigenvalue weighted by atomic mass is 9.72. The minimum atomic E-state index is -4.61. The molecule has 0 saturated carbocycles. The van der Waals surface area contributed by atoms with Crippen molar-refractivity contribution in [2.45, 2.75) is 25.1 Å². The Labute approximate surface area is 153 Å². The highest BCUT2D eigenvalue weighted by atomic mass is 19.4. The molecule has 144 valence electrons. The van der Waals surface area contributed by atoms with Crippen molar-refractivity contribution in [2.24, 2.45) is 5.41 Å². The summed E-state index contributed by atoms with van der Waals surface area (Å²) in [6.07, 6.45) is -4.72. The van der Waals surface area contributed by atoms with Crippen molar-refractivity contribution < 1.29 is 28.2 Å². The molecule has 2 N–H and O–H groups in total. The van der Waals surface area contributed by atoms with Crippen LogP contribution in [-0.4, -0.2) is 45.3 Å². The standard InChI is InChI=1S/C18H18F3N3O3/c19-18(20,21)13-6-8-22-16(23-13)24-9-7-17(15(26)27,14(25)11-24)10-12-4-2-1-3-5-12/h1-6,8,14,25H,7,9-11H2,(H,26,27)/t14-,17+/m0/s1. The van der Waals surface area contributed by atoms with Gasteiger partial charge in [-0.05, 0) is 24.5 Å². The molecule has 1 aromatic carbocycles. The van der Waals surface area contributed by atoms with Gasteiger partial charge in [0.1, 0.15) is 11.1 Å². The van der Waals surface area contributed by atoms with E-state index in [1.165, 1.54) is 4.90 Å². The first-order valence-electron chi connectivity index (χ1n) is 8.33. The number of aliphatic hydroxyl groups excluding tert-OH is 1. The van der Waals surface area contributed by atoms with Crippen molar-refractivity contribution in [2.75, 3.05) is 18.0 Å². The number of benzene rings is 1. The summed E-state index contributed by atoms with van der Waals surface area (Å²) >= 11 is 0. The number of aliphatic hydroxyl groups is 1. The molecular formula is C18H18F3N3O3. The fraction of sp³-hybridized carbons (Fsp3) is 0.389. The SMILES string of the molecule is O=C(O)[C@@]1(Cc2ccccc2)CCN(c2nccc(C(F)(F)F)n2)C[C@@H]1O. The van der Waals surface area contributed by atoms with Gasteiger partial charge >= 0.3 is 12.1 Å². The summed E-state index contributed by atoms with van der Waals surface area (Å²) in [7, 11) is 0. The fourth-order valence-electron chi connectivity index (χ4n) is 3.31. The summed E-state index contributed by atoms with van der Waals surface area (Å²) in [5.41, 5.74) is -1.73. The maximum Gasteiger partial charge on any atom is 0.433 e. The lowest BCUT2D eigenvalue weighted by molar-refractivity contribution is -0.158. The molecule has 1 aliphatic heterocycles. The Balaban J connectivity index is 1.82. The summed E-state index contributed by atoms with van der Waals surface area (Å²) in [6, 6.07) is 9.69. The van der Waals surface area contributed by atoms with Gasteiger partial charge in [-0.25, -0.2) is 9.97 Å². The van der Waals surface area contributed by atoms with Gasteiger partial charge in [-0.1, -0.05) is 30.3 Å². The van der Waals surface area contributed by atoms with Gasteiger partial charge in [0.2, 0.25) is 5.95 Å². The number of β-amino-alcohol motifs (C(OH)–C–C–N with tert-alkyl or cyclic N) is 1. The average Bonchev–Trinajstić information content (AvgIpc) is 2.63. The third-order valence-corrected chi connectivity index (χ3v) is 4.86.